The number of imidazole rings is 1. The van der Waals surface area contributed by atoms with Crippen LogP contribution in [0.4, 0.5) is 0 Å². The Labute approximate surface area is 151 Å². The Hall–Kier alpha value is -3.28. The summed E-state index contributed by atoms with van der Waals surface area (Å²) in [6.45, 7) is 4.25. The highest BCUT2D eigenvalue weighted by Gasteiger charge is 2.09. The van der Waals surface area contributed by atoms with Crippen LogP contribution in [0, 0.1) is 13.8 Å². The maximum absolute atomic E-state index is 12.1. The summed E-state index contributed by atoms with van der Waals surface area (Å²) in [5.74, 6) is 0.320. The molecule has 2 aromatic carbocycles. The molecule has 6 heteroatoms. The van der Waals surface area contributed by atoms with Crippen LogP contribution in [-0.4, -0.2) is 28.7 Å². The summed E-state index contributed by atoms with van der Waals surface area (Å²) in [6.07, 6.45) is 1.64. The van der Waals surface area contributed by atoms with E-state index in [-0.39, 0.29) is 18.9 Å². The first kappa shape index (κ1) is 17.5. The maximum Gasteiger partial charge on any atom is 0.338 e. The average Bonchev–Trinajstić information content (AvgIpc) is 2.97. The molecule has 1 N–H and O–H groups in total. The van der Waals surface area contributed by atoms with Crippen molar-refractivity contribution in [2.24, 2.45) is 0 Å². The van der Waals surface area contributed by atoms with Gasteiger partial charge in [-0.05, 0) is 55.8 Å². The predicted molar refractivity (Wildman–Crippen MR) is 98.1 cm³/mol. The van der Waals surface area contributed by atoms with Crippen molar-refractivity contribution < 1.29 is 14.3 Å². The van der Waals surface area contributed by atoms with Gasteiger partial charge >= 0.3 is 11.7 Å². The van der Waals surface area contributed by atoms with Gasteiger partial charge in [-0.3, -0.25) is 4.57 Å². The van der Waals surface area contributed by atoms with Crippen LogP contribution >= 0.6 is 0 Å². The Morgan fingerprint density at radius 1 is 1.08 bits per heavy atom. The minimum Gasteiger partial charge on any atom is -0.490 e. The Balaban J connectivity index is 1.54. The fraction of sp³-hybridized carbons (Fsp3) is 0.200. The van der Waals surface area contributed by atoms with Gasteiger partial charge in [-0.15, -0.1) is 0 Å². The zero-order valence-electron chi connectivity index (χ0n) is 14.7. The number of hydrogen-bond acceptors (Lipinski definition) is 4. The van der Waals surface area contributed by atoms with Gasteiger partial charge in [0.15, 0.2) is 0 Å². The van der Waals surface area contributed by atoms with E-state index in [2.05, 4.69) is 4.98 Å². The zero-order chi connectivity index (χ0) is 18.5. The molecular formula is C20H20N2O4. The summed E-state index contributed by atoms with van der Waals surface area (Å²) in [4.78, 5) is 26.5. The second-order valence-electron chi connectivity index (χ2n) is 5.92. The third kappa shape index (κ3) is 4.03. The van der Waals surface area contributed by atoms with Crippen LogP contribution in [0.3, 0.4) is 0 Å². The molecule has 0 amide bonds. The Kier molecular flexibility index (Phi) is 5.22. The summed E-state index contributed by atoms with van der Waals surface area (Å²) >= 11 is 0. The number of aromatic amines is 1. The van der Waals surface area contributed by atoms with Crippen molar-refractivity contribution in [1.29, 1.82) is 0 Å². The second-order valence-corrected chi connectivity index (χ2v) is 5.92. The molecule has 0 bridgehead atoms. The summed E-state index contributed by atoms with van der Waals surface area (Å²) in [7, 11) is 0. The van der Waals surface area contributed by atoms with E-state index in [4.69, 9.17) is 9.47 Å². The number of nitrogens with one attached hydrogen (secondary N) is 1. The number of aromatic nitrogens is 2. The second kappa shape index (κ2) is 7.74. The molecule has 0 unspecified atom stereocenters. The predicted octanol–water partition coefficient (Wildman–Crippen LogP) is 3.02. The molecule has 26 heavy (non-hydrogen) atoms. The summed E-state index contributed by atoms with van der Waals surface area (Å²) < 4.78 is 12.3. The molecule has 6 nitrogen and oxygen atoms in total. The van der Waals surface area contributed by atoms with Crippen molar-refractivity contribution in [3.8, 4) is 11.4 Å². The molecule has 0 spiro atoms. The number of benzene rings is 2. The lowest BCUT2D eigenvalue weighted by molar-refractivity contribution is 0.0450. The van der Waals surface area contributed by atoms with E-state index in [1.54, 1.807) is 30.5 Å². The highest BCUT2D eigenvalue weighted by atomic mass is 16.6. The van der Waals surface area contributed by atoms with Gasteiger partial charge in [0.05, 0.1) is 11.3 Å². The Bertz CT molecular complexity index is 954. The van der Waals surface area contributed by atoms with Gasteiger partial charge in [0, 0.05) is 11.9 Å². The van der Waals surface area contributed by atoms with Crippen LogP contribution in [0.15, 0.2) is 59.5 Å². The Morgan fingerprint density at radius 3 is 2.50 bits per heavy atom. The highest BCUT2D eigenvalue weighted by molar-refractivity contribution is 5.89. The number of nitrogens with zero attached hydrogens (tertiary/aromatic N) is 1. The van der Waals surface area contributed by atoms with Crippen molar-refractivity contribution in [2.75, 3.05) is 13.2 Å². The van der Waals surface area contributed by atoms with Crippen molar-refractivity contribution >= 4 is 5.97 Å². The minimum atomic E-state index is -0.428. The Morgan fingerprint density at radius 2 is 1.85 bits per heavy atom. The van der Waals surface area contributed by atoms with E-state index in [0.29, 0.717) is 11.3 Å². The van der Waals surface area contributed by atoms with Crippen LogP contribution < -0.4 is 10.4 Å². The van der Waals surface area contributed by atoms with Gasteiger partial charge in [0.2, 0.25) is 0 Å². The fourth-order valence-electron chi connectivity index (χ4n) is 2.61. The van der Waals surface area contributed by atoms with Crippen LogP contribution in [0.25, 0.3) is 5.69 Å². The number of aryl methyl sites for hydroxylation is 2. The van der Waals surface area contributed by atoms with Gasteiger partial charge in [-0.25, -0.2) is 9.59 Å². The van der Waals surface area contributed by atoms with Crippen LogP contribution in [0.2, 0.25) is 0 Å². The lowest BCUT2D eigenvalue weighted by Crippen LogP contribution is -2.16. The number of H-pyrrole nitrogens is 1. The van der Waals surface area contributed by atoms with Gasteiger partial charge < -0.3 is 14.5 Å². The average molecular weight is 352 g/mol. The van der Waals surface area contributed by atoms with E-state index in [1.807, 2.05) is 38.1 Å². The summed E-state index contributed by atoms with van der Waals surface area (Å²) in [5, 5.41) is 0. The zero-order valence-corrected chi connectivity index (χ0v) is 14.7. The lowest BCUT2D eigenvalue weighted by atomic mass is 10.2. The van der Waals surface area contributed by atoms with Gasteiger partial charge in [0.1, 0.15) is 19.0 Å². The number of esters is 1. The highest BCUT2D eigenvalue weighted by Crippen LogP contribution is 2.13. The molecule has 0 saturated heterocycles. The van der Waals surface area contributed by atoms with Crippen molar-refractivity contribution in [1.82, 2.24) is 9.55 Å². The first-order chi connectivity index (χ1) is 12.5. The molecule has 0 saturated carbocycles. The number of hydrogen-bond donors (Lipinski definition) is 1. The number of rotatable bonds is 6. The molecular weight excluding hydrogens is 332 g/mol. The van der Waals surface area contributed by atoms with Crippen molar-refractivity contribution in [2.45, 2.75) is 13.8 Å². The number of carbonyl (C=O) groups excluding carboxylic acids is 1. The third-order valence-electron chi connectivity index (χ3n) is 3.90. The lowest BCUT2D eigenvalue weighted by Gasteiger charge is -2.09. The standard InChI is InChI=1S/C20H20N2O4/c1-14-4-3-5-18(12-14)25-10-11-26-19(23)16-6-8-17(9-7-16)22-15(2)13-21-20(22)24/h3-9,12-13H,10-11H2,1-2H3,(H,21,24). The quantitative estimate of drug-likeness (QED) is 0.547. The van der Waals surface area contributed by atoms with Gasteiger partial charge in [-0.1, -0.05) is 12.1 Å². The normalized spacial score (nSPS) is 10.5. The molecule has 1 aromatic heterocycles. The first-order valence-corrected chi connectivity index (χ1v) is 8.28. The maximum atomic E-state index is 12.1. The molecule has 3 aromatic rings. The molecule has 0 aliphatic rings. The van der Waals surface area contributed by atoms with E-state index >= 15 is 0 Å². The molecule has 1 heterocycles. The molecule has 0 aliphatic heterocycles. The SMILES string of the molecule is Cc1cccc(OCCOC(=O)c2ccc(-n3c(C)c[nH]c3=O)cc2)c1. The smallest absolute Gasteiger partial charge is 0.338 e. The molecule has 0 fully saturated rings. The fourth-order valence-corrected chi connectivity index (χ4v) is 2.61. The van der Waals surface area contributed by atoms with E-state index < -0.39 is 5.97 Å². The van der Waals surface area contributed by atoms with E-state index in [0.717, 1.165) is 17.0 Å². The molecule has 134 valence electrons. The van der Waals surface area contributed by atoms with Gasteiger partial charge in [-0.2, -0.15) is 0 Å². The minimum absolute atomic E-state index is 0.158. The largest absolute Gasteiger partial charge is 0.490 e. The molecule has 0 atom stereocenters. The van der Waals surface area contributed by atoms with Crippen LogP contribution in [0.5, 0.6) is 5.75 Å². The van der Waals surface area contributed by atoms with Crippen LogP contribution in [0.1, 0.15) is 21.6 Å². The molecule has 0 radical (unpaired) electrons. The van der Waals surface area contributed by atoms with E-state index in [9.17, 15) is 9.59 Å². The van der Waals surface area contributed by atoms with Crippen molar-refractivity contribution in [3.05, 3.63) is 82.0 Å². The molecule has 3 rings (SSSR count). The summed E-state index contributed by atoms with van der Waals surface area (Å²) in [6, 6.07) is 14.4. The molecule has 0 aliphatic carbocycles. The van der Waals surface area contributed by atoms with Gasteiger partial charge in [0.25, 0.3) is 0 Å². The summed E-state index contributed by atoms with van der Waals surface area (Å²) in [5.41, 5.74) is 2.79. The number of ether oxygens (including phenoxy) is 2. The van der Waals surface area contributed by atoms with Crippen molar-refractivity contribution in [3.63, 3.8) is 0 Å². The first-order valence-electron chi connectivity index (χ1n) is 8.28. The topological polar surface area (TPSA) is 73.3 Å². The number of carbonyl (C=O) groups is 1. The monoisotopic (exact) mass is 352 g/mol. The third-order valence-corrected chi connectivity index (χ3v) is 3.90. The van der Waals surface area contributed by atoms with E-state index in [1.165, 1.54) is 4.57 Å². The van der Waals surface area contributed by atoms with Crippen LogP contribution in [-0.2, 0) is 4.74 Å².